The van der Waals surface area contributed by atoms with Crippen LogP contribution >= 0.6 is 18.9 Å². The number of nitrogens with one attached hydrogen (secondary N) is 1. The van der Waals surface area contributed by atoms with Gasteiger partial charge < -0.3 is 14.4 Å². The van der Waals surface area contributed by atoms with Gasteiger partial charge in [0.2, 0.25) is 0 Å². The van der Waals surface area contributed by atoms with Crippen LogP contribution < -0.4 is 9.61 Å². The molecule has 0 spiro atoms. The van der Waals surface area contributed by atoms with Crippen molar-refractivity contribution in [3.8, 4) is 5.75 Å². The molecule has 4 rings (SSSR count). The first-order valence-electron chi connectivity index (χ1n) is 11.9. The van der Waals surface area contributed by atoms with Crippen LogP contribution in [0.4, 0.5) is 8.78 Å². The van der Waals surface area contributed by atoms with Crippen molar-refractivity contribution in [1.29, 1.82) is 0 Å². The number of benzene rings is 3. The van der Waals surface area contributed by atoms with Gasteiger partial charge in [0.15, 0.2) is 0 Å². The molecule has 3 aromatic carbocycles. The lowest BCUT2D eigenvalue weighted by Gasteiger charge is -2.30. The molecule has 1 unspecified atom stereocenters. The molecule has 38 heavy (non-hydrogen) atoms. The van der Waals surface area contributed by atoms with Gasteiger partial charge in [-0.1, -0.05) is 55.8 Å². The number of carbonyl (C=O) groups is 2. The lowest BCUT2D eigenvalue weighted by atomic mass is 10.1. The van der Waals surface area contributed by atoms with Crippen molar-refractivity contribution in [2.75, 3.05) is 6.61 Å². The molecule has 1 heterocycles. The monoisotopic (exact) mass is 561 g/mol. The highest BCUT2D eigenvalue weighted by Gasteiger charge is 2.56. The van der Waals surface area contributed by atoms with Gasteiger partial charge in [-0.05, 0) is 48.4 Å². The van der Waals surface area contributed by atoms with E-state index in [1.807, 2.05) is 6.92 Å². The third-order valence-corrected chi connectivity index (χ3v) is 9.16. The number of alkyl halides is 2. The fourth-order valence-electron chi connectivity index (χ4n) is 3.83. The average molecular weight is 562 g/mol. The first-order valence-corrected chi connectivity index (χ1v) is 14.4. The summed E-state index contributed by atoms with van der Waals surface area (Å²) in [6.45, 7) is 3.30. The molecule has 0 fully saturated rings. The van der Waals surface area contributed by atoms with Crippen LogP contribution in [0.3, 0.4) is 0 Å². The van der Waals surface area contributed by atoms with E-state index in [1.54, 1.807) is 36.4 Å². The van der Waals surface area contributed by atoms with Crippen LogP contribution in [0, 0.1) is 0 Å². The molecule has 0 amide bonds. The zero-order valence-corrected chi connectivity index (χ0v) is 22.4. The van der Waals surface area contributed by atoms with Gasteiger partial charge >= 0.3 is 25.1 Å². The number of esters is 1. The Labute approximate surface area is 221 Å². The van der Waals surface area contributed by atoms with Crippen LogP contribution in [0.25, 0.3) is 20.9 Å². The fourth-order valence-corrected chi connectivity index (χ4v) is 6.58. The Hall–Kier alpha value is -3.33. The first kappa shape index (κ1) is 27.7. The summed E-state index contributed by atoms with van der Waals surface area (Å²) in [6.07, 6.45) is 1.36. The van der Waals surface area contributed by atoms with Gasteiger partial charge in [0.1, 0.15) is 16.7 Å². The van der Waals surface area contributed by atoms with Crippen LogP contribution in [0.15, 0.2) is 66.7 Å². The van der Waals surface area contributed by atoms with E-state index < -0.39 is 36.7 Å². The van der Waals surface area contributed by atoms with Crippen molar-refractivity contribution < 1.29 is 37.3 Å². The summed E-state index contributed by atoms with van der Waals surface area (Å²) in [4.78, 5) is 23.8. The standard InChI is InChI=1S/C27H26F2NO6PS/c1-3-4-14-35-26(33)17(2)30-37(34,36-22-11-7-9-18-8-5-6-10-21(18)22)27(28,29)20-12-13-23-19(15-20)16-24(38-23)25(31)32/h5-13,15-17H,3-4,14H2,1-2H3,(H,30,34)(H,31,32)/t17-,37?/m0/s1. The molecule has 200 valence electrons. The molecule has 2 N–H and O–H groups in total. The number of halogens is 2. The molecule has 0 radical (unpaired) electrons. The maximum absolute atomic E-state index is 16.2. The van der Waals surface area contributed by atoms with Gasteiger partial charge in [-0.3, -0.25) is 9.36 Å². The van der Waals surface area contributed by atoms with Crippen LogP contribution in [0.1, 0.15) is 41.9 Å². The molecule has 0 bridgehead atoms. The quantitative estimate of drug-likeness (QED) is 0.112. The Morgan fingerprint density at radius 2 is 1.82 bits per heavy atom. The summed E-state index contributed by atoms with van der Waals surface area (Å²) in [6, 6.07) is 15.1. The highest BCUT2D eigenvalue weighted by Crippen LogP contribution is 2.63. The zero-order valence-electron chi connectivity index (χ0n) is 20.6. The highest BCUT2D eigenvalue weighted by molar-refractivity contribution is 7.58. The van der Waals surface area contributed by atoms with E-state index >= 15 is 8.78 Å². The molecule has 0 aliphatic heterocycles. The predicted octanol–water partition coefficient (Wildman–Crippen LogP) is 7.40. The molecule has 0 saturated carbocycles. The van der Waals surface area contributed by atoms with E-state index in [1.165, 1.54) is 25.1 Å². The summed E-state index contributed by atoms with van der Waals surface area (Å²) in [5.74, 6) is -2.06. The SMILES string of the molecule is CCCCOC(=O)[C@H](C)NP(=O)(Oc1cccc2ccccc12)C(F)(F)c1ccc2sc(C(=O)O)cc2c1. The number of carboxylic acid groups (broad SMARTS) is 1. The number of fused-ring (bicyclic) bond motifs is 2. The van der Waals surface area contributed by atoms with Crippen molar-refractivity contribution in [1.82, 2.24) is 5.09 Å². The summed E-state index contributed by atoms with van der Waals surface area (Å²) >= 11 is 0.939. The van der Waals surface area contributed by atoms with E-state index in [2.05, 4.69) is 5.09 Å². The molecular weight excluding hydrogens is 535 g/mol. The molecule has 0 aliphatic rings. The largest absolute Gasteiger partial charge is 0.477 e. The number of rotatable bonds is 11. The number of hydrogen-bond donors (Lipinski definition) is 2. The number of carbonyl (C=O) groups excluding carboxylic acids is 1. The van der Waals surface area contributed by atoms with E-state index in [0.717, 1.165) is 29.9 Å². The Morgan fingerprint density at radius 1 is 1.08 bits per heavy atom. The van der Waals surface area contributed by atoms with E-state index in [-0.39, 0.29) is 22.6 Å². The van der Waals surface area contributed by atoms with Crippen molar-refractivity contribution in [2.24, 2.45) is 0 Å². The number of aromatic carboxylic acids is 1. The number of carboxylic acids is 1. The number of unbranched alkanes of at least 4 members (excludes halogenated alkanes) is 1. The Balaban J connectivity index is 1.76. The topological polar surface area (TPSA) is 102 Å². The summed E-state index contributed by atoms with van der Waals surface area (Å²) in [7, 11) is -5.21. The molecule has 11 heteroatoms. The minimum atomic E-state index is -5.21. The molecule has 0 aliphatic carbocycles. The second-order valence-corrected chi connectivity index (χ2v) is 11.9. The highest BCUT2D eigenvalue weighted by atomic mass is 32.1. The third-order valence-electron chi connectivity index (χ3n) is 5.88. The second-order valence-electron chi connectivity index (χ2n) is 8.70. The minimum Gasteiger partial charge on any atom is -0.477 e. The molecule has 2 atom stereocenters. The van der Waals surface area contributed by atoms with Gasteiger partial charge in [-0.2, -0.15) is 8.78 Å². The average Bonchev–Trinajstić information content (AvgIpc) is 3.33. The van der Waals surface area contributed by atoms with Crippen molar-refractivity contribution in [3.63, 3.8) is 0 Å². The summed E-state index contributed by atoms with van der Waals surface area (Å²) in [5, 5.41) is 12.9. The van der Waals surface area contributed by atoms with Crippen LogP contribution in [-0.2, 0) is 19.8 Å². The number of thiophene rings is 1. The number of ether oxygens (including phenoxy) is 1. The van der Waals surface area contributed by atoms with E-state index in [9.17, 15) is 19.3 Å². The van der Waals surface area contributed by atoms with Gasteiger partial charge in [-0.15, -0.1) is 11.3 Å². The first-order chi connectivity index (χ1) is 18.1. The summed E-state index contributed by atoms with van der Waals surface area (Å²) in [5.41, 5.74) is -4.76. The molecule has 1 aromatic heterocycles. The maximum atomic E-state index is 16.2. The maximum Gasteiger partial charge on any atom is 0.390 e. The van der Waals surface area contributed by atoms with Crippen LogP contribution in [0.2, 0.25) is 0 Å². The lowest BCUT2D eigenvalue weighted by molar-refractivity contribution is -0.145. The molecule has 4 aromatic rings. The van der Waals surface area contributed by atoms with Gasteiger partial charge in [0, 0.05) is 15.6 Å². The van der Waals surface area contributed by atoms with Crippen LogP contribution in [0.5, 0.6) is 5.75 Å². The van der Waals surface area contributed by atoms with E-state index in [4.69, 9.17) is 9.26 Å². The lowest BCUT2D eigenvalue weighted by Crippen LogP contribution is -2.39. The minimum absolute atomic E-state index is 0.0165. The predicted molar refractivity (Wildman–Crippen MR) is 143 cm³/mol. The zero-order chi connectivity index (χ0) is 27.5. The van der Waals surface area contributed by atoms with Crippen molar-refractivity contribution >= 4 is 51.7 Å². The Morgan fingerprint density at radius 3 is 2.55 bits per heavy atom. The van der Waals surface area contributed by atoms with Crippen molar-refractivity contribution in [2.45, 2.75) is 38.4 Å². The normalized spacial score (nSPS) is 14.2. The van der Waals surface area contributed by atoms with E-state index in [0.29, 0.717) is 21.9 Å². The van der Waals surface area contributed by atoms with Gasteiger partial charge in [0.05, 0.1) is 6.61 Å². The Kier molecular flexibility index (Phi) is 8.16. The van der Waals surface area contributed by atoms with Crippen LogP contribution in [-0.4, -0.2) is 29.7 Å². The summed E-state index contributed by atoms with van der Waals surface area (Å²) < 4.78 is 57.8. The number of hydrogen-bond acceptors (Lipinski definition) is 6. The van der Waals surface area contributed by atoms with Gasteiger partial charge in [-0.25, -0.2) is 9.88 Å². The fraction of sp³-hybridized carbons (Fsp3) is 0.259. The molecule has 7 nitrogen and oxygen atoms in total. The van der Waals surface area contributed by atoms with Gasteiger partial charge in [0.25, 0.3) is 0 Å². The molecule has 0 saturated heterocycles. The second kappa shape index (κ2) is 11.2. The van der Waals surface area contributed by atoms with Crippen molar-refractivity contribution in [3.05, 3.63) is 77.2 Å². The molecular formula is C27H26F2NO6PS. The smallest absolute Gasteiger partial charge is 0.390 e. The third kappa shape index (κ3) is 5.57. The Bertz CT molecular complexity index is 1530.